The van der Waals surface area contributed by atoms with Crippen LogP contribution in [0.25, 0.3) is 66.4 Å². The maximum atomic E-state index is 6.37. The van der Waals surface area contributed by atoms with E-state index in [1.54, 1.807) is 0 Å². The molecule has 0 atom stereocenters. The number of nitrogens with zero attached hydrogens (tertiary/aromatic N) is 2. The summed E-state index contributed by atoms with van der Waals surface area (Å²) >= 11 is 0. The van der Waals surface area contributed by atoms with E-state index in [1.807, 2.05) is 12.1 Å². The molecule has 0 aliphatic carbocycles. The van der Waals surface area contributed by atoms with Gasteiger partial charge in [-0.05, 0) is 106 Å². The summed E-state index contributed by atoms with van der Waals surface area (Å²) in [6, 6.07) is 78.2. The van der Waals surface area contributed by atoms with Crippen LogP contribution in [0.15, 0.2) is 223 Å². The summed E-state index contributed by atoms with van der Waals surface area (Å²) in [7, 11) is 0. The van der Waals surface area contributed by atoms with E-state index < -0.39 is 0 Å². The molecule has 268 valence electrons. The number of hydrogen-bond acceptors (Lipinski definition) is 3. The van der Waals surface area contributed by atoms with Gasteiger partial charge in [-0.15, -0.1) is 0 Å². The summed E-state index contributed by atoms with van der Waals surface area (Å²) in [5, 5.41) is 2.19. The lowest BCUT2D eigenvalue weighted by Gasteiger charge is -2.28. The number of anilines is 6. The molecule has 0 fully saturated rings. The molecule has 3 heteroatoms. The van der Waals surface area contributed by atoms with E-state index in [-0.39, 0.29) is 0 Å². The lowest BCUT2D eigenvalue weighted by atomic mass is 9.92. The van der Waals surface area contributed by atoms with Crippen molar-refractivity contribution in [3.8, 4) is 44.5 Å². The summed E-state index contributed by atoms with van der Waals surface area (Å²) < 4.78 is 6.37. The number of benzene rings is 9. The van der Waals surface area contributed by atoms with Crippen molar-refractivity contribution >= 4 is 56.1 Å². The molecule has 10 aromatic rings. The van der Waals surface area contributed by atoms with E-state index in [9.17, 15) is 0 Å². The van der Waals surface area contributed by atoms with Crippen LogP contribution in [0.5, 0.6) is 0 Å². The lowest BCUT2D eigenvalue weighted by Crippen LogP contribution is -2.11. The SMILES string of the molecule is c1ccc(-c2ccc(N(c3ccc(-c4ccc5c(c4)-c4ccccc4-c4ccccc4N5c4ccccc4)cc3)c3cccc4oc5ccccc5c34)cc2)cc1. The van der Waals surface area contributed by atoms with Crippen molar-refractivity contribution in [3.05, 3.63) is 218 Å². The van der Waals surface area contributed by atoms with Crippen LogP contribution in [-0.2, 0) is 0 Å². The van der Waals surface area contributed by atoms with E-state index in [4.69, 9.17) is 4.42 Å². The predicted octanol–water partition coefficient (Wildman–Crippen LogP) is 15.5. The third kappa shape index (κ3) is 5.60. The first-order valence-corrected chi connectivity index (χ1v) is 19.4. The van der Waals surface area contributed by atoms with Gasteiger partial charge < -0.3 is 14.2 Å². The van der Waals surface area contributed by atoms with Gasteiger partial charge >= 0.3 is 0 Å². The zero-order valence-corrected chi connectivity index (χ0v) is 31.1. The van der Waals surface area contributed by atoms with Crippen LogP contribution < -0.4 is 9.80 Å². The Morgan fingerprint density at radius 3 is 1.61 bits per heavy atom. The molecule has 1 aliphatic rings. The zero-order chi connectivity index (χ0) is 37.7. The molecule has 0 saturated carbocycles. The number of fused-ring (bicyclic) bond motifs is 8. The highest BCUT2D eigenvalue weighted by Gasteiger charge is 2.26. The molecule has 0 saturated heterocycles. The van der Waals surface area contributed by atoms with Crippen LogP contribution in [-0.4, -0.2) is 0 Å². The minimum atomic E-state index is 0.869. The molecule has 0 spiro atoms. The van der Waals surface area contributed by atoms with Gasteiger partial charge in [-0.1, -0.05) is 146 Å². The maximum absolute atomic E-state index is 6.37. The third-order valence-electron chi connectivity index (χ3n) is 11.2. The summed E-state index contributed by atoms with van der Waals surface area (Å²) in [5.74, 6) is 0. The number of rotatable bonds is 6. The van der Waals surface area contributed by atoms with E-state index in [0.717, 1.165) is 61.5 Å². The first kappa shape index (κ1) is 32.8. The highest BCUT2D eigenvalue weighted by Crippen LogP contribution is 2.51. The van der Waals surface area contributed by atoms with Gasteiger partial charge in [0.25, 0.3) is 0 Å². The molecule has 0 amide bonds. The molecule has 2 heterocycles. The Kier molecular flexibility index (Phi) is 7.82. The monoisotopic (exact) mass is 728 g/mol. The Morgan fingerprint density at radius 1 is 0.351 bits per heavy atom. The number of hydrogen-bond donors (Lipinski definition) is 0. The summed E-state index contributed by atoms with van der Waals surface area (Å²) in [6.45, 7) is 0. The standard InChI is InChI=1S/C54H36N2O/c1-3-14-37(15-4-1)38-26-31-42(32-27-38)55(51-23-13-25-53-54(51)47-21-10-12-24-52(47)57-53)43-33-28-39(29-34-43)40-30-35-50-48(36-40)45-19-8-7-18-44(45)46-20-9-11-22-49(46)56(50)41-16-5-2-6-17-41/h1-36H. The highest BCUT2D eigenvalue weighted by molar-refractivity contribution is 6.13. The number of furan rings is 1. The van der Waals surface area contributed by atoms with Crippen LogP contribution >= 0.6 is 0 Å². The molecule has 3 nitrogen and oxygen atoms in total. The molecule has 1 aliphatic heterocycles. The predicted molar refractivity (Wildman–Crippen MR) is 238 cm³/mol. The van der Waals surface area contributed by atoms with E-state index in [1.165, 1.54) is 39.1 Å². The second-order valence-electron chi connectivity index (χ2n) is 14.5. The lowest BCUT2D eigenvalue weighted by molar-refractivity contribution is 0.669. The van der Waals surface area contributed by atoms with Crippen molar-refractivity contribution in [3.63, 3.8) is 0 Å². The van der Waals surface area contributed by atoms with Gasteiger partial charge in [-0.25, -0.2) is 0 Å². The largest absolute Gasteiger partial charge is 0.456 e. The third-order valence-corrected chi connectivity index (χ3v) is 11.2. The second kappa shape index (κ2) is 13.6. The Bertz CT molecular complexity index is 3060. The van der Waals surface area contributed by atoms with E-state index in [0.29, 0.717) is 0 Å². The first-order valence-electron chi connectivity index (χ1n) is 19.4. The second-order valence-corrected chi connectivity index (χ2v) is 14.5. The van der Waals surface area contributed by atoms with Crippen molar-refractivity contribution in [1.82, 2.24) is 0 Å². The van der Waals surface area contributed by atoms with Crippen LogP contribution in [0.1, 0.15) is 0 Å². The van der Waals surface area contributed by atoms with Crippen molar-refractivity contribution in [2.45, 2.75) is 0 Å². The topological polar surface area (TPSA) is 19.6 Å². The van der Waals surface area contributed by atoms with Crippen molar-refractivity contribution < 1.29 is 4.42 Å². The minimum Gasteiger partial charge on any atom is -0.456 e. The molecule has 0 unspecified atom stereocenters. The van der Waals surface area contributed by atoms with Crippen molar-refractivity contribution in [2.75, 3.05) is 9.80 Å². The quantitative estimate of drug-likeness (QED) is 0.170. The summed E-state index contributed by atoms with van der Waals surface area (Å²) in [6.07, 6.45) is 0. The number of para-hydroxylation sites is 3. The Labute approximate surface area is 332 Å². The molecular weight excluding hydrogens is 693 g/mol. The van der Waals surface area contributed by atoms with Crippen LogP contribution in [0.3, 0.4) is 0 Å². The first-order chi connectivity index (χ1) is 28.3. The van der Waals surface area contributed by atoms with Gasteiger partial charge in [0, 0.05) is 33.6 Å². The van der Waals surface area contributed by atoms with E-state index >= 15 is 0 Å². The van der Waals surface area contributed by atoms with Gasteiger partial charge in [-0.2, -0.15) is 0 Å². The van der Waals surface area contributed by atoms with Gasteiger partial charge in [0.15, 0.2) is 0 Å². The fourth-order valence-electron chi connectivity index (χ4n) is 8.57. The Balaban J connectivity index is 1.04. The molecular formula is C54H36N2O. The average Bonchev–Trinajstić information content (AvgIpc) is 3.62. The molecule has 0 N–H and O–H groups in total. The summed E-state index contributed by atoms with van der Waals surface area (Å²) in [4.78, 5) is 4.75. The van der Waals surface area contributed by atoms with Crippen LogP contribution in [0.4, 0.5) is 34.1 Å². The molecule has 1 aromatic heterocycles. The molecule has 0 radical (unpaired) electrons. The van der Waals surface area contributed by atoms with Crippen LogP contribution in [0.2, 0.25) is 0 Å². The fourth-order valence-corrected chi connectivity index (χ4v) is 8.57. The average molecular weight is 729 g/mol. The molecule has 9 aromatic carbocycles. The smallest absolute Gasteiger partial charge is 0.137 e. The van der Waals surface area contributed by atoms with Crippen molar-refractivity contribution in [2.24, 2.45) is 0 Å². The van der Waals surface area contributed by atoms with Gasteiger partial charge in [0.05, 0.1) is 22.4 Å². The van der Waals surface area contributed by atoms with Crippen LogP contribution in [0, 0.1) is 0 Å². The van der Waals surface area contributed by atoms with Gasteiger partial charge in [0.1, 0.15) is 11.2 Å². The van der Waals surface area contributed by atoms with E-state index in [2.05, 4.69) is 216 Å². The minimum absolute atomic E-state index is 0.869. The highest BCUT2D eigenvalue weighted by atomic mass is 16.3. The normalized spacial score (nSPS) is 11.8. The molecule has 57 heavy (non-hydrogen) atoms. The maximum Gasteiger partial charge on any atom is 0.137 e. The Hall–Kier alpha value is -7.62. The zero-order valence-electron chi connectivity index (χ0n) is 31.1. The van der Waals surface area contributed by atoms with Crippen molar-refractivity contribution in [1.29, 1.82) is 0 Å². The van der Waals surface area contributed by atoms with Gasteiger partial charge in [0.2, 0.25) is 0 Å². The molecule has 0 bridgehead atoms. The molecule has 11 rings (SSSR count). The fraction of sp³-hybridized carbons (Fsp3) is 0. The summed E-state index contributed by atoms with van der Waals surface area (Å²) in [5.41, 5.74) is 18.0. The Morgan fingerprint density at radius 2 is 0.877 bits per heavy atom. The van der Waals surface area contributed by atoms with Gasteiger partial charge in [-0.3, -0.25) is 0 Å².